The van der Waals surface area contributed by atoms with Crippen LogP contribution < -0.4 is 4.72 Å². The first kappa shape index (κ1) is 21.5. The summed E-state index contributed by atoms with van der Waals surface area (Å²) in [5, 5.41) is 0. The zero-order valence-corrected chi connectivity index (χ0v) is 17.3. The normalized spacial score (nSPS) is 18.1. The molecule has 1 saturated heterocycles. The standard InChI is InChI=1S/C23H21F3N2O2S/c24-18-5-1-16(2-6-18)23(17-3-7-19(25)8-4-17)22-15-28(13-14-30-22)31(29)27-21-11-9-20(26)10-12-21/h1-12,22-23,27H,13-15H2. The van der Waals surface area contributed by atoms with Crippen molar-refractivity contribution >= 4 is 16.9 Å². The van der Waals surface area contributed by atoms with E-state index in [0.717, 1.165) is 11.1 Å². The van der Waals surface area contributed by atoms with Gasteiger partial charge >= 0.3 is 0 Å². The van der Waals surface area contributed by atoms with Crippen molar-refractivity contribution in [2.24, 2.45) is 0 Å². The van der Waals surface area contributed by atoms with Crippen LogP contribution in [-0.4, -0.2) is 34.3 Å². The van der Waals surface area contributed by atoms with E-state index in [2.05, 4.69) is 4.72 Å². The molecule has 31 heavy (non-hydrogen) atoms. The molecule has 0 aromatic heterocycles. The van der Waals surface area contributed by atoms with Gasteiger partial charge in [0.05, 0.1) is 12.7 Å². The highest BCUT2D eigenvalue weighted by atomic mass is 32.2. The first-order valence-electron chi connectivity index (χ1n) is 9.81. The van der Waals surface area contributed by atoms with Crippen molar-refractivity contribution in [2.45, 2.75) is 12.0 Å². The van der Waals surface area contributed by atoms with Crippen molar-refractivity contribution in [2.75, 3.05) is 24.4 Å². The molecule has 0 spiro atoms. The molecule has 2 unspecified atom stereocenters. The van der Waals surface area contributed by atoms with Gasteiger partial charge in [0.15, 0.2) is 11.2 Å². The fourth-order valence-corrected chi connectivity index (χ4v) is 4.64. The van der Waals surface area contributed by atoms with Gasteiger partial charge in [0.2, 0.25) is 0 Å². The van der Waals surface area contributed by atoms with Gasteiger partial charge in [-0.1, -0.05) is 24.3 Å². The van der Waals surface area contributed by atoms with Crippen LogP contribution in [0.15, 0.2) is 72.8 Å². The van der Waals surface area contributed by atoms with E-state index in [0.29, 0.717) is 25.4 Å². The van der Waals surface area contributed by atoms with E-state index in [-0.39, 0.29) is 29.5 Å². The molecule has 1 N–H and O–H groups in total. The van der Waals surface area contributed by atoms with E-state index in [1.165, 1.54) is 48.5 Å². The molecule has 1 heterocycles. The third-order valence-electron chi connectivity index (χ3n) is 5.17. The number of benzene rings is 3. The number of anilines is 1. The topological polar surface area (TPSA) is 41.6 Å². The van der Waals surface area contributed by atoms with Crippen LogP contribution in [0.2, 0.25) is 0 Å². The number of nitrogens with zero attached hydrogens (tertiary/aromatic N) is 1. The summed E-state index contributed by atoms with van der Waals surface area (Å²) in [6, 6.07) is 17.8. The van der Waals surface area contributed by atoms with Crippen LogP contribution >= 0.6 is 0 Å². The first-order chi connectivity index (χ1) is 15.0. The Bertz CT molecular complexity index is 985. The minimum Gasteiger partial charge on any atom is -0.374 e. The van der Waals surface area contributed by atoms with E-state index in [9.17, 15) is 17.4 Å². The maximum Gasteiger partial charge on any atom is 0.196 e. The monoisotopic (exact) mass is 446 g/mol. The molecule has 8 heteroatoms. The molecular formula is C23H21F3N2O2S. The molecule has 0 bridgehead atoms. The number of ether oxygens (including phenoxy) is 1. The zero-order valence-electron chi connectivity index (χ0n) is 16.5. The van der Waals surface area contributed by atoms with Gasteiger partial charge in [-0.05, 0) is 59.7 Å². The fraction of sp³-hybridized carbons (Fsp3) is 0.217. The van der Waals surface area contributed by atoms with Crippen LogP contribution in [0.25, 0.3) is 0 Å². The highest BCUT2D eigenvalue weighted by Gasteiger charge is 2.32. The smallest absolute Gasteiger partial charge is 0.196 e. The van der Waals surface area contributed by atoms with E-state index < -0.39 is 11.2 Å². The van der Waals surface area contributed by atoms with Crippen molar-refractivity contribution < 1.29 is 22.1 Å². The molecule has 0 saturated carbocycles. The van der Waals surface area contributed by atoms with Gasteiger partial charge < -0.3 is 4.74 Å². The van der Waals surface area contributed by atoms with Crippen LogP contribution in [0.1, 0.15) is 17.0 Å². The van der Waals surface area contributed by atoms with Gasteiger partial charge in [0.25, 0.3) is 0 Å². The summed E-state index contributed by atoms with van der Waals surface area (Å²) in [6.07, 6.45) is -0.386. The Hall–Kier alpha value is -2.68. The van der Waals surface area contributed by atoms with Crippen LogP contribution in [0, 0.1) is 17.5 Å². The van der Waals surface area contributed by atoms with Gasteiger partial charge in [-0.3, -0.25) is 4.72 Å². The molecule has 4 rings (SSSR count). The molecule has 0 radical (unpaired) electrons. The second-order valence-corrected chi connectivity index (χ2v) is 8.45. The summed E-state index contributed by atoms with van der Waals surface area (Å²) in [4.78, 5) is 0. The Balaban J connectivity index is 1.56. The summed E-state index contributed by atoms with van der Waals surface area (Å²) >= 11 is -1.56. The second kappa shape index (κ2) is 9.64. The average Bonchev–Trinajstić information content (AvgIpc) is 2.78. The highest BCUT2D eigenvalue weighted by Crippen LogP contribution is 2.32. The van der Waals surface area contributed by atoms with Crippen molar-refractivity contribution in [1.82, 2.24) is 4.31 Å². The van der Waals surface area contributed by atoms with Crippen LogP contribution in [0.4, 0.5) is 18.9 Å². The minimum atomic E-state index is -1.56. The second-order valence-electron chi connectivity index (χ2n) is 7.24. The van der Waals surface area contributed by atoms with Gasteiger partial charge in [-0.2, -0.15) is 0 Å². The summed E-state index contributed by atoms with van der Waals surface area (Å²) in [7, 11) is 0. The Morgan fingerprint density at radius 2 is 1.32 bits per heavy atom. The van der Waals surface area contributed by atoms with E-state index in [1.807, 2.05) is 0 Å². The largest absolute Gasteiger partial charge is 0.374 e. The Kier molecular flexibility index (Phi) is 6.70. The van der Waals surface area contributed by atoms with E-state index in [4.69, 9.17) is 4.74 Å². The lowest BCUT2D eigenvalue weighted by molar-refractivity contribution is -0.00838. The van der Waals surface area contributed by atoms with E-state index in [1.54, 1.807) is 28.6 Å². The lowest BCUT2D eigenvalue weighted by atomic mass is 9.86. The number of rotatable bonds is 6. The molecule has 3 aromatic carbocycles. The van der Waals surface area contributed by atoms with Crippen LogP contribution in [0.3, 0.4) is 0 Å². The number of morpholine rings is 1. The predicted molar refractivity (Wildman–Crippen MR) is 114 cm³/mol. The molecule has 2 atom stereocenters. The SMILES string of the molecule is O=S(Nc1ccc(F)cc1)N1CCOC(C(c2ccc(F)cc2)c2ccc(F)cc2)C1. The van der Waals surface area contributed by atoms with Crippen molar-refractivity contribution in [3.8, 4) is 0 Å². The Morgan fingerprint density at radius 1 is 0.839 bits per heavy atom. The first-order valence-corrected chi connectivity index (χ1v) is 10.9. The summed E-state index contributed by atoms with van der Waals surface area (Å²) in [5.41, 5.74) is 2.17. The molecule has 0 aliphatic carbocycles. The van der Waals surface area contributed by atoms with Gasteiger partial charge in [-0.15, -0.1) is 0 Å². The third kappa shape index (κ3) is 5.33. The minimum absolute atomic E-state index is 0.299. The van der Waals surface area contributed by atoms with Crippen LogP contribution in [-0.2, 0) is 15.9 Å². The number of hydrogen-bond acceptors (Lipinski definition) is 2. The quantitative estimate of drug-likeness (QED) is 0.600. The highest BCUT2D eigenvalue weighted by molar-refractivity contribution is 7.84. The number of nitrogens with one attached hydrogen (secondary N) is 1. The maximum absolute atomic E-state index is 13.5. The molecule has 3 aromatic rings. The molecule has 162 valence electrons. The third-order valence-corrected chi connectivity index (χ3v) is 6.38. The van der Waals surface area contributed by atoms with Crippen LogP contribution in [0.5, 0.6) is 0 Å². The maximum atomic E-state index is 13.5. The van der Waals surface area contributed by atoms with Crippen molar-refractivity contribution in [1.29, 1.82) is 0 Å². The molecule has 0 amide bonds. The van der Waals surface area contributed by atoms with Gasteiger partial charge in [0.1, 0.15) is 17.5 Å². The predicted octanol–water partition coefficient (Wildman–Crippen LogP) is 4.63. The summed E-state index contributed by atoms with van der Waals surface area (Å²) in [5.74, 6) is -1.37. The lowest BCUT2D eigenvalue weighted by Gasteiger charge is -2.36. The summed E-state index contributed by atoms with van der Waals surface area (Å²) in [6.45, 7) is 1.12. The molecule has 1 fully saturated rings. The zero-order chi connectivity index (χ0) is 21.8. The van der Waals surface area contributed by atoms with Crippen molar-refractivity contribution in [3.63, 3.8) is 0 Å². The van der Waals surface area contributed by atoms with E-state index >= 15 is 0 Å². The summed E-state index contributed by atoms with van der Waals surface area (Å²) < 4.78 is 63.6. The number of hydrogen-bond donors (Lipinski definition) is 1. The average molecular weight is 446 g/mol. The molecular weight excluding hydrogens is 425 g/mol. The Labute approximate surface area is 181 Å². The van der Waals surface area contributed by atoms with Gasteiger partial charge in [-0.25, -0.2) is 21.7 Å². The number of halogens is 3. The fourth-order valence-electron chi connectivity index (χ4n) is 3.65. The lowest BCUT2D eigenvalue weighted by Crippen LogP contribution is -2.47. The van der Waals surface area contributed by atoms with Gasteiger partial charge in [0, 0.05) is 24.7 Å². The molecule has 1 aliphatic heterocycles. The molecule has 4 nitrogen and oxygen atoms in total. The molecule has 1 aliphatic rings. The Morgan fingerprint density at radius 3 is 1.84 bits per heavy atom. The van der Waals surface area contributed by atoms with Crippen molar-refractivity contribution in [3.05, 3.63) is 101 Å².